The number of aliphatic hydroxyl groups excluding tert-OH is 2. The maximum atomic E-state index is 11.7. The second-order valence-electron chi connectivity index (χ2n) is 7.38. The van der Waals surface area contributed by atoms with Gasteiger partial charge in [-0.3, -0.25) is 4.57 Å². The van der Waals surface area contributed by atoms with Crippen LogP contribution in [-0.4, -0.2) is 98.9 Å². The van der Waals surface area contributed by atoms with Crippen LogP contribution < -0.4 is 10.6 Å². The molecule has 2 aromatic rings. The molecule has 2 aliphatic heterocycles. The van der Waals surface area contributed by atoms with Crippen molar-refractivity contribution in [3.8, 4) is 0 Å². The quantitative estimate of drug-likeness (QED) is 0.486. The predicted octanol–water partition coefficient (Wildman–Crippen LogP) is -1.08. The Morgan fingerprint density at radius 3 is 2.86 bits per heavy atom. The van der Waals surface area contributed by atoms with Crippen LogP contribution in [0.2, 0.25) is 0 Å². The first kappa shape index (κ1) is 19.8. The lowest BCUT2D eigenvalue weighted by Crippen LogP contribution is -2.43. The Bertz CT molecular complexity index is 869. The van der Waals surface area contributed by atoms with Crippen LogP contribution in [0.25, 0.3) is 11.2 Å². The van der Waals surface area contributed by atoms with E-state index in [-0.39, 0.29) is 18.6 Å². The first-order valence-electron chi connectivity index (χ1n) is 9.44. The Kier molecular flexibility index (Phi) is 5.50. The maximum Gasteiger partial charge on any atom is 0.316 e. The lowest BCUT2D eigenvalue weighted by atomic mass is 10.1. The number of ether oxygens (including phenoxy) is 2. The van der Waals surface area contributed by atoms with E-state index in [9.17, 15) is 15.0 Å². The van der Waals surface area contributed by atoms with E-state index in [0.717, 1.165) is 6.42 Å². The zero-order valence-corrected chi connectivity index (χ0v) is 16.2. The summed E-state index contributed by atoms with van der Waals surface area (Å²) in [4.78, 5) is 26.0. The summed E-state index contributed by atoms with van der Waals surface area (Å²) in [5.41, 5.74) is 1.00. The molecule has 12 heteroatoms. The van der Waals surface area contributed by atoms with E-state index < -0.39 is 24.5 Å². The molecule has 0 bridgehead atoms. The van der Waals surface area contributed by atoms with Gasteiger partial charge in [0.15, 0.2) is 23.2 Å². The summed E-state index contributed by atoms with van der Waals surface area (Å²) >= 11 is 0. The van der Waals surface area contributed by atoms with E-state index >= 15 is 0 Å². The number of amides is 2. The third-order valence-electron chi connectivity index (χ3n) is 5.10. The smallest absolute Gasteiger partial charge is 0.316 e. The van der Waals surface area contributed by atoms with Crippen LogP contribution in [0.15, 0.2) is 12.7 Å². The molecule has 12 nitrogen and oxygen atoms in total. The van der Waals surface area contributed by atoms with Crippen LogP contribution >= 0.6 is 0 Å². The normalized spacial score (nSPS) is 29.3. The van der Waals surface area contributed by atoms with Crippen LogP contribution in [0.5, 0.6) is 0 Å². The van der Waals surface area contributed by atoms with Gasteiger partial charge in [0.2, 0.25) is 0 Å². The third-order valence-corrected chi connectivity index (χ3v) is 5.10. The molecular formula is C17H25N7O5. The summed E-state index contributed by atoms with van der Waals surface area (Å²) in [5.74, 6) is 0.576. The van der Waals surface area contributed by atoms with E-state index in [0.29, 0.717) is 30.2 Å². The van der Waals surface area contributed by atoms with Crippen LogP contribution in [0.1, 0.15) is 12.6 Å². The summed E-state index contributed by atoms with van der Waals surface area (Å²) in [6.45, 7) is 1.36. The number of urea groups is 1. The van der Waals surface area contributed by atoms with Gasteiger partial charge in [0.05, 0.1) is 19.0 Å². The molecular weight excluding hydrogens is 382 g/mol. The van der Waals surface area contributed by atoms with Gasteiger partial charge >= 0.3 is 6.03 Å². The minimum absolute atomic E-state index is 0.0574. The van der Waals surface area contributed by atoms with E-state index in [1.54, 1.807) is 18.7 Å². The fourth-order valence-corrected chi connectivity index (χ4v) is 3.46. The Hall–Kier alpha value is -2.54. The van der Waals surface area contributed by atoms with Crippen molar-refractivity contribution in [3.63, 3.8) is 0 Å². The third kappa shape index (κ3) is 3.83. The van der Waals surface area contributed by atoms with Crippen LogP contribution in [0.3, 0.4) is 0 Å². The number of aliphatic hydroxyl groups is 2. The van der Waals surface area contributed by atoms with Gasteiger partial charge in [-0.15, -0.1) is 0 Å². The molecule has 2 saturated heterocycles. The van der Waals surface area contributed by atoms with Crippen molar-refractivity contribution in [3.05, 3.63) is 12.7 Å². The number of fused-ring (bicyclic) bond motifs is 1. The van der Waals surface area contributed by atoms with Gasteiger partial charge in [-0.1, -0.05) is 0 Å². The molecule has 0 unspecified atom stereocenters. The minimum atomic E-state index is -1.21. The summed E-state index contributed by atoms with van der Waals surface area (Å²) in [5, 5.41) is 26.8. The highest BCUT2D eigenvalue weighted by atomic mass is 16.6. The number of nitrogens with zero attached hydrogens (tertiary/aromatic N) is 5. The molecule has 158 valence electrons. The molecule has 29 heavy (non-hydrogen) atoms. The maximum absolute atomic E-state index is 11.7. The second-order valence-corrected chi connectivity index (χ2v) is 7.38. The number of anilines is 1. The Morgan fingerprint density at radius 2 is 2.14 bits per heavy atom. The molecule has 4 N–H and O–H groups in total. The Balaban J connectivity index is 1.52. The molecule has 2 fully saturated rings. The molecule has 4 heterocycles. The summed E-state index contributed by atoms with van der Waals surface area (Å²) in [6, 6.07) is -0.163. The van der Waals surface area contributed by atoms with E-state index in [1.807, 2.05) is 0 Å². The van der Waals surface area contributed by atoms with Crippen LogP contribution in [-0.2, 0) is 9.47 Å². The number of imidazole rings is 1. The molecule has 0 aromatic carbocycles. The summed E-state index contributed by atoms with van der Waals surface area (Å²) < 4.78 is 12.8. The highest BCUT2D eigenvalue weighted by Gasteiger charge is 2.44. The standard InChI is InChI=1S/C17H25N7O5/c1-23(2)17(27)18-5-10-12(25)13(26)16(29-10)24-8-21-11-14(19-7-20-15(11)24)22-9-3-4-28-6-9/h7-10,12-13,16,25-26H,3-6H2,1-2H3,(H,18,27)(H,19,20,22)/t9-,10-,12+,13-,16-/m1/s1. The molecule has 5 atom stereocenters. The molecule has 4 rings (SSSR count). The number of carbonyl (C=O) groups excluding carboxylic acids is 1. The van der Waals surface area contributed by atoms with Gasteiger partial charge in [-0.25, -0.2) is 19.7 Å². The van der Waals surface area contributed by atoms with Gasteiger partial charge in [0.25, 0.3) is 0 Å². The molecule has 2 amide bonds. The SMILES string of the molecule is CN(C)C(=O)NC[C@H]1O[C@@H](n2cnc3c(N[C@@H]4CCOC4)ncnc32)[C@H](O)[C@H]1O. The van der Waals surface area contributed by atoms with Crippen molar-refractivity contribution in [1.82, 2.24) is 29.7 Å². The van der Waals surface area contributed by atoms with Gasteiger partial charge in [-0.05, 0) is 6.42 Å². The highest BCUT2D eigenvalue weighted by Crippen LogP contribution is 2.32. The number of aromatic nitrogens is 4. The summed E-state index contributed by atoms with van der Waals surface area (Å²) in [6.07, 6.45) is -0.260. The number of nitrogens with one attached hydrogen (secondary N) is 2. The number of rotatable bonds is 5. The molecule has 0 aliphatic carbocycles. The topological polar surface area (TPSA) is 147 Å². The fourth-order valence-electron chi connectivity index (χ4n) is 3.46. The van der Waals surface area contributed by atoms with Crippen LogP contribution in [0, 0.1) is 0 Å². The lowest BCUT2D eigenvalue weighted by Gasteiger charge is -2.18. The molecule has 2 aliphatic rings. The monoisotopic (exact) mass is 407 g/mol. The van der Waals surface area contributed by atoms with E-state index in [4.69, 9.17) is 9.47 Å². The molecule has 2 aromatic heterocycles. The minimum Gasteiger partial charge on any atom is -0.387 e. The predicted molar refractivity (Wildman–Crippen MR) is 101 cm³/mol. The molecule has 0 radical (unpaired) electrons. The van der Waals surface area contributed by atoms with Crippen molar-refractivity contribution < 1.29 is 24.5 Å². The first-order chi connectivity index (χ1) is 14.0. The number of hydrogen-bond donors (Lipinski definition) is 4. The van der Waals surface area contributed by atoms with Crippen molar-refractivity contribution >= 4 is 23.0 Å². The fraction of sp³-hybridized carbons (Fsp3) is 0.647. The van der Waals surface area contributed by atoms with Crippen molar-refractivity contribution in [1.29, 1.82) is 0 Å². The average Bonchev–Trinajstić information content (AvgIpc) is 3.42. The highest BCUT2D eigenvalue weighted by molar-refractivity contribution is 5.82. The first-order valence-corrected chi connectivity index (χ1v) is 9.44. The van der Waals surface area contributed by atoms with Crippen molar-refractivity contribution in [2.45, 2.75) is 37.0 Å². The second kappa shape index (κ2) is 8.06. The number of carbonyl (C=O) groups is 1. The largest absolute Gasteiger partial charge is 0.387 e. The summed E-state index contributed by atoms with van der Waals surface area (Å²) in [7, 11) is 3.22. The van der Waals surface area contributed by atoms with Gasteiger partial charge in [-0.2, -0.15) is 0 Å². The Labute approximate surface area is 166 Å². The van der Waals surface area contributed by atoms with Crippen molar-refractivity contribution in [2.75, 3.05) is 39.2 Å². The zero-order chi connectivity index (χ0) is 20.5. The van der Waals surface area contributed by atoms with Gasteiger partial charge in [0, 0.05) is 27.2 Å². The van der Waals surface area contributed by atoms with E-state index in [1.165, 1.54) is 17.6 Å². The molecule has 0 saturated carbocycles. The Morgan fingerprint density at radius 1 is 1.31 bits per heavy atom. The molecule has 0 spiro atoms. The van der Waals surface area contributed by atoms with Crippen LogP contribution in [0.4, 0.5) is 10.6 Å². The lowest BCUT2D eigenvalue weighted by molar-refractivity contribution is -0.0336. The van der Waals surface area contributed by atoms with E-state index in [2.05, 4.69) is 25.6 Å². The van der Waals surface area contributed by atoms with Crippen molar-refractivity contribution in [2.24, 2.45) is 0 Å². The average molecular weight is 407 g/mol. The van der Waals surface area contributed by atoms with Gasteiger partial charge in [0.1, 0.15) is 24.6 Å². The number of hydrogen-bond acceptors (Lipinski definition) is 9. The van der Waals surface area contributed by atoms with Gasteiger partial charge < -0.3 is 35.2 Å². The zero-order valence-electron chi connectivity index (χ0n) is 16.2.